The summed E-state index contributed by atoms with van der Waals surface area (Å²) in [6.07, 6.45) is 1.26. The van der Waals surface area contributed by atoms with Gasteiger partial charge in [-0.05, 0) is 36.6 Å². The molecule has 0 radical (unpaired) electrons. The molecule has 2 aliphatic heterocycles. The molecule has 3 heteroatoms. The zero-order valence-corrected chi connectivity index (χ0v) is 8.61. The Hall–Kier alpha value is -0.540. The van der Waals surface area contributed by atoms with Crippen LogP contribution in [0.25, 0.3) is 0 Å². The fourth-order valence-corrected chi connectivity index (χ4v) is 3.70. The van der Waals surface area contributed by atoms with E-state index in [0.717, 1.165) is 23.1 Å². The number of rotatable bonds is 0. The Morgan fingerprint density at radius 2 is 2.36 bits per heavy atom. The lowest BCUT2D eigenvalue weighted by Crippen LogP contribution is -2.22. The molecule has 3 rings (SSSR count). The largest absolute Gasteiger partial charge is 0.310 e. The van der Waals surface area contributed by atoms with Gasteiger partial charge in [0.1, 0.15) is 5.82 Å². The van der Waals surface area contributed by atoms with Crippen molar-refractivity contribution < 1.29 is 4.39 Å². The molecule has 0 aliphatic carbocycles. The molecule has 0 aromatic heterocycles. The number of hydrogen-bond acceptors (Lipinski definition) is 2. The van der Waals surface area contributed by atoms with Gasteiger partial charge >= 0.3 is 0 Å². The number of halogens is 1. The van der Waals surface area contributed by atoms with Crippen molar-refractivity contribution in [2.45, 2.75) is 17.4 Å². The third-order valence-electron chi connectivity index (χ3n) is 3.11. The highest BCUT2D eigenvalue weighted by Crippen LogP contribution is 2.43. The number of fused-ring (bicyclic) bond motifs is 3. The van der Waals surface area contributed by atoms with Crippen molar-refractivity contribution in [1.29, 1.82) is 0 Å². The van der Waals surface area contributed by atoms with Crippen molar-refractivity contribution in [3.8, 4) is 0 Å². The lowest BCUT2D eigenvalue weighted by molar-refractivity contribution is 0.493. The second-order valence-corrected chi connectivity index (χ2v) is 5.04. The minimum absolute atomic E-state index is 0.118. The van der Waals surface area contributed by atoms with Gasteiger partial charge in [0.05, 0.1) is 0 Å². The maximum absolute atomic E-state index is 13.0. The second kappa shape index (κ2) is 3.24. The van der Waals surface area contributed by atoms with E-state index in [2.05, 4.69) is 5.32 Å². The van der Waals surface area contributed by atoms with Gasteiger partial charge in [-0.3, -0.25) is 0 Å². The molecule has 2 heterocycles. The fourth-order valence-electron chi connectivity index (χ4n) is 2.39. The zero-order valence-electron chi connectivity index (χ0n) is 7.79. The van der Waals surface area contributed by atoms with Crippen LogP contribution in [-0.2, 0) is 0 Å². The van der Waals surface area contributed by atoms with Crippen LogP contribution in [0.1, 0.15) is 18.0 Å². The van der Waals surface area contributed by atoms with Crippen LogP contribution in [0.5, 0.6) is 0 Å². The topological polar surface area (TPSA) is 12.0 Å². The summed E-state index contributed by atoms with van der Waals surface area (Å²) < 4.78 is 13.0. The standard InChI is InChI=1S/C11H12FNS/c12-8-1-2-9-10(5-8)14-6-7-3-4-13-11(7)9/h1-2,5,7,11,13H,3-4,6H2. The molecule has 1 saturated heterocycles. The Morgan fingerprint density at radius 1 is 1.43 bits per heavy atom. The van der Waals surface area contributed by atoms with Crippen molar-refractivity contribution in [3.05, 3.63) is 29.6 Å². The first-order chi connectivity index (χ1) is 6.84. The highest BCUT2D eigenvalue weighted by molar-refractivity contribution is 7.99. The molecule has 0 bridgehead atoms. The van der Waals surface area contributed by atoms with E-state index in [0.29, 0.717) is 6.04 Å². The van der Waals surface area contributed by atoms with E-state index in [1.807, 2.05) is 6.07 Å². The van der Waals surface area contributed by atoms with Gasteiger partial charge in [0.2, 0.25) is 0 Å². The van der Waals surface area contributed by atoms with Crippen LogP contribution in [0.15, 0.2) is 23.1 Å². The van der Waals surface area contributed by atoms with E-state index in [-0.39, 0.29) is 5.82 Å². The van der Waals surface area contributed by atoms with E-state index >= 15 is 0 Å². The third kappa shape index (κ3) is 1.27. The molecule has 1 fully saturated rings. The van der Waals surface area contributed by atoms with Crippen LogP contribution < -0.4 is 5.32 Å². The zero-order chi connectivity index (χ0) is 9.54. The van der Waals surface area contributed by atoms with E-state index in [4.69, 9.17) is 0 Å². The van der Waals surface area contributed by atoms with Crippen LogP contribution in [0.4, 0.5) is 4.39 Å². The maximum atomic E-state index is 13.0. The van der Waals surface area contributed by atoms with Crippen molar-refractivity contribution >= 4 is 11.8 Å². The minimum Gasteiger partial charge on any atom is -0.310 e. The first kappa shape index (κ1) is 8.74. The van der Waals surface area contributed by atoms with Gasteiger partial charge in [-0.25, -0.2) is 4.39 Å². The molecule has 1 nitrogen and oxygen atoms in total. The van der Waals surface area contributed by atoms with Gasteiger partial charge in [-0.2, -0.15) is 0 Å². The second-order valence-electron chi connectivity index (χ2n) is 3.97. The monoisotopic (exact) mass is 209 g/mol. The predicted molar refractivity (Wildman–Crippen MR) is 56.0 cm³/mol. The average molecular weight is 209 g/mol. The van der Waals surface area contributed by atoms with Gasteiger partial charge in [0, 0.05) is 16.7 Å². The van der Waals surface area contributed by atoms with Gasteiger partial charge in [0.25, 0.3) is 0 Å². The Morgan fingerprint density at radius 3 is 3.29 bits per heavy atom. The molecule has 2 aliphatic rings. The number of hydrogen-bond donors (Lipinski definition) is 1. The fraction of sp³-hybridized carbons (Fsp3) is 0.455. The normalized spacial score (nSPS) is 29.8. The summed E-state index contributed by atoms with van der Waals surface area (Å²) in [5.41, 5.74) is 1.30. The maximum Gasteiger partial charge on any atom is 0.124 e. The van der Waals surface area contributed by atoms with Crippen LogP contribution in [0.2, 0.25) is 0 Å². The summed E-state index contributed by atoms with van der Waals surface area (Å²) in [5.74, 6) is 1.76. The van der Waals surface area contributed by atoms with E-state index < -0.39 is 0 Å². The summed E-state index contributed by atoms with van der Waals surface area (Å²) in [6, 6.07) is 5.65. The smallest absolute Gasteiger partial charge is 0.124 e. The summed E-state index contributed by atoms with van der Waals surface area (Å²) in [7, 11) is 0. The predicted octanol–water partition coefficient (Wildman–Crippen LogP) is 2.58. The highest BCUT2D eigenvalue weighted by Gasteiger charge is 2.33. The van der Waals surface area contributed by atoms with Gasteiger partial charge < -0.3 is 5.32 Å². The van der Waals surface area contributed by atoms with Crippen molar-refractivity contribution in [2.24, 2.45) is 5.92 Å². The highest BCUT2D eigenvalue weighted by atomic mass is 32.2. The lowest BCUT2D eigenvalue weighted by atomic mass is 9.95. The molecule has 2 atom stereocenters. The van der Waals surface area contributed by atoms with E-state index in [1.54, 1.807) is 23.9 Å². The van der Waals surface area contributed by atoms with Gasteiger partial charge in [0.15, 0.2) is 0 Å². The van der Waals surface area contributed by atoms with Crippen molar-refractivity contribution in [1.82, 2.24) is 5.32 Å². The SMILES string of the molecule is Fc1ccc2c(c1)SCC1CCNC21. The first-order valence-corrected chi connectivity index (χ1v) is 5.99. The molecular weight excluding hydrogens is 197 g/mol. The molecular formula is C11H12FNS. The van der Waals surface area contributed by atoms with E-state index in [9.17, 15) is 4.39 Å². The molecule has 0 spiro atoms. The summed E-state index contributed by atoms with van der Waals surface area (Å²) in [4.78, 5) is 1.13. The molecule has 14 heavy (non-hydrogen) atoms. The van der Waals surface area contributed by atoms with Crippen molar-refractivity contribution in [2.75, 3.05) is 12.3 Å². The molecule has 0 saturated carbocycles. The van der Waals surface area contributed by atoms with Crippen LogP contribution in [-0.4, -0.2) is 12.3 Å². The van der Waals surface area contributed by atoms with Crippen LogP contribution >= 0.6 is 11.8 Å². The molecule has 1 aromatic rings. The van der Waals surface area contributed by atoms with Crippen LogP contribution in [0.3, 0.4) is 0 Å². The van der Waals surface area contributed by atoms with Crippen molar-refractivity contribution in [3.63, 3.8) is 0 Å². The Bertz CT molecular complexity index is 366. The summed E-state index contributed by atoms with van der Waals surface area (Å²) >= 11 is 1.80. The third-order valence-corrected chi connectivity index (χ3v) is 4.37. The first-order valence-electron chi connectivity index (χ1n) is 5.00. The number of nitrogens with one attached hydrogen (secondary N) is 1. The molecule has 1 aromatic carbocycles. The molecule has 2 unspecified atom stereocenters. The number of benzene rings is 1. The molecule has 74 valence electrons. The van der Waals surface area contributed by atoms with Gasteiger partial charge in [-0.15, -0.1) is 11.8 Å². The van der Waals surface area contributed by atoms with E-state index in [1.165, 1.54) is 12.0 Å². The van der Waals surface area contributed by atoms with Crippen LogP contribution in [0, 0.1) is 11.7 Å². The quantitative estimate of drug-likeness (QED) is 0.705. The summed E-state index contributed by atoms with van der Waals surface area (Å²) in [5, 5.41) is 3.50. The Labute approximate surface area is 87.1 Å². The summed E-state index contributed by atoms with van der Waals surface area (Å²) in [6.45, 7) is 1.10. The Balaban J connectivity index is 2.05. The average Bonchev–Trinajstić information content (AvgIpc) is 2.65. The van der Waals surface area contributed by atoms with Gasteiger partial charge in [-0.1, -0.05) is 6.07 Å². The minimum atomic E-state index is -0.118. The lowest BCUT2D eigenvalue weighted by Gasteiger charge is -2.27. The Kier molecular flexibility index (Phi) is 2.03. The molecule has 0 amide bonds. The number of thioether (sulfide) groups is 1. The molecule has 1 N–H and O–H groups in total.